The number of rotatable bonds is 5. The normalized spacial score (nSPS) is 12.0. The first kappa shape index (κ1) is 17.5. The molecule has 1 N–H and O–H groups in total. The third-order valence-electron chi connectivity index (χ3n) is 3.92. The second-order valence-electron chi connectivity index (χ2n) is 6.00. The van der Waals surface area contributed by atoms with Gasteiger partial charge in [0.15, 0.2) is 0 Å². The van der Waals surface area contributed by atoms with Gasteiger partial charge in [-0.3, -0.25) is 0 Å². The molecule has 24 heavy (non-hydrogen) atoms. The van der Waals surface area contributed by atoms with Gasteiger partial charge in [-0.05, 0) is 42.3 Å². The maximum atomic E-state index is 11.7. The summed E-state index contributed by atoms with van der Waals surface area (Å²) in [7, 11) is 0. The molecule has 0 saturated heterocycles. The molecule has 0 radical (unpaired) electrons. The van der Waals surface area contributed by atoms with Crippen LogP contribution in [0, 0.1) is 0 Å². The molecule has 0 amide bonds. The molecule has 0 aromatic heterocycles. The van der Waals surface area contributed by atoms with Crippen LogP contribution < -0.4 is 4.74 Å². The van der Waals surface area contributed by atoms with E-state index in [1.165, 1.54) is 6.08 Å². The Kier molecular flexibility index (Phi) is 5.59. The summed E-state index contributed by atoms with van der Waals surface area (Å²) in [5.74, 6) is 0.358. The minimum Gasteiger partial charge on any atom is -0.508 e. The van der Waals surface area contributed by atoms with E-state index in [-0.39, 0.29) is 11.2 Å². The van der Waals surface area contributed by atoms with Gasteiger partial charge in [-0.1, -0.05) is 56.3 Å². The highest BCUT2D eigenvalue weighted by atomic mass is 16.5. The van der Waals surface area contributed by atoms with Crippen molar-refractivity contribution in [3.05, 3.63) is 84.0 Å². The average Bonchev–Trinajstić information content (AvgIpc) is 2.56. The van der Waals surface area contributed by atoms with Crippen molar-refractivity contribution in [2.75, 3.05) is 0 Å². The second kappa shape index (κ2) is 7.64. The lowest BCUT2D eigenvalue weighted by molar-refractivity contribution is -0.128. The summed E-state index contributed by atoms with van der Waals surface area (Å²) in [6, 6.07) is 14.7. The molecule has 0 bridgehead atoms. The standard InChI is InChI=1S/C21H22O3/c1-4-5-6-7-20(23)24-19-14-10-17(11-15-19)21(2,3)16-8-12-18(22)13-9-16/h4-15,22H,1-3H3/b5-4+,7-6+. The topological polar surface area (TPSA) is 46.5 Å². The van der Waals surface area contributed by atoms with Crippen molar-refractivity contribution in [2.45, 2.75) is 26.2 Å². The van der Waals surface area contributed by atoms with Gasteiger partial charge < -0.3 is 9.84 Å². The number of phenolic OH excluding ortho intramolecular Hbond substituents is 1. The minimum absolute atomic E-state index is 0.220. The quantitative estimate of drug-likeness (QED) is 0.374. The van der Waals surface area contributed by atoms with Crippen LogP contribution in [0.2, 0.25) is 0 Å². The van der Waals surface area contributed by atoms with Gasteiger partial charge in [-0.25, -0.2) is 4.79 Å². The zero-order valence-electron chi connectivity index (χ0n) is 14.2. The monoisotopic (exact) mass is 322 g/mol. The molecular weight excluding hydrogens is 300 g/mol. The lowest BCUT2D eigenvalue weighted by Crippen LogP contribution is -2.18. The third-order valence-corrected chi connectivity index (χ3v) is 3.92. The first-order valence-corrected chi connectivity index (χ1v) is 7.84. The Hall–Kier alpha value is -2.81. The van der Waals surface area contributed by atoms with Crippen LogP contribution in [0.5, 0.6) is 11.5 Å². The van der Waals surface area contributed by atoms with Crippen LogP contribution in [0.4, 0.5) is 0 Å². The number of carbonyl (C=O) groups is 1. The van der Waals surface area contributed by atoms with Crippen LogP contribution in [-0.4, -0.2) is 11.1 Å². The number of aromatic hydroxyl groups is 1. The highest BCUT2D eigenvalue weighted by Crippen LogP contribution is 2.33. The molecule has 0 unspecified atom stereocenters. The van der Waals surface area contributed by atoms with E-state index in [0.717, 1.165) is 11.1 Å². The molecule has 2 rings (SSSR count). The Labute approximate surface area is 142 Å². The predicted molar refractivity (Wildman–Crippen MR) is 96.3 cm³/mol. The molecule has 0 aliphatic carbocycles. The summed E-state index contributed by atoms with van der Waals surface area (Å²) in [5, 5.41) is 9.43. The zero-order valence-corrected chi connectivity index (χ0v) is 14.2. The lowest BCUT2D eigenvalue weighted by atomic mass is 9.78. The molecule has 3 heteroatoms. The Balaban J connectivity index is 2.13. The van der Waals surface area contributed by atoms with E-state index in [1.807, 2.05) is 37.3 Å². The van der Waals surface area contributed by atoms with E-state index in [4.69, 9.17) is 4.74 Å². The average molecular weight is 322 g/mol. The first-order valence-electron chi connectivity index (χ1n) is 7.84. The number of hydrogen-bond acceptors (Lipinski definition) is 3. The molecule has 0 saturated carbocycles. The summed E-state index contributed by atoms with van der Waals surface area (Å²) in [4.78, 5) is 11.7. The molecule has 3 nitrogen and oxygen atoms in total. The maximum Gasteiger partial charge on any atom is 0.336 e. The van der Waals surface area contributed by atoms with Gasteiger partial charge in [0.25, 0.3) is 0 Å². The zero-order chi connectivity index (χ0) is 17.6. The molecule has 2 aromatic rings. The van der Waals surface area contributed by atoms with E-state index in [2.05, 4.69) is 13.8 Å². The van der Waals surface area contributed by atoms with Gasteiger partial charge in [0.05, 0.1) is 0 Å². The largest absolute Gasteiger partial charge is 0.508 e. The fourth-order valence-electron chi connectivity index (χ4n) is 2.38. The number of hydrogen-bond donors (Lipinski definition) is 1. The fraction of sp³-hybridized carbons (Fsp3) is 0.190. The minimum atomic E-state index is -0.404. The Morgan fingerprint density at radius 1 is 0.958 bits per heavy atom. The van der Waals surface area contributed by atoms with Gasteiger partial charge in [0.2, 0.25) is 0 Å². The van der Waals surface area contributed by atoms with Crippen LogP contribution >= 0.6 is 0 Å². The van der Waals surface area contributed by atoms with Crippen molar-refractivity contribution in [3.8, 4) is 11.5 Å². The SMILES string of the molecule is C/C=C/C=C/C(=O)Oc1ccc(C(C)(C)c2ccc(O)cc2)cc1. The number of esters is 1. The van der Waals surface area contributed by atoms with Gasteiger partial charge in [0.1, 0.15) is 11.5 Å². The van der Waals surface area contributed by atoms with Crippen molar-refractivity contribution in [3.63, 3.8) is 0 Å². The predicted octanol–water partition coefficient (Wildman–Crippen LogP) is 4.76. The third kappa shape index (κ3) is 4.35. The van der Waals surface area contributed by atoms with Crippen LogP contribution in [0.1, 0.15) is 31.9 Å². The summed E-state index contributed by atoms with van der Waals surface area (Å²) in [6.45, 7) is 6.10. The summed E-state index contributed by atoms with van der Waals surface area (Å²) in [6.07, 6.45) is 6.63. The van der Waals surface area contributed by atoms with Crippen LogP contribution in [0.25, 0.3) is 0 Å². The van der Waals surface area contributed by atoms with Gasteiger partial charge in [-0.2, -0.15) is 0 Å². The maximum absolute atomic E-state index is 11.7. The van der Waals surface area contributed by atoms with Gasteiger partial charge in [0, 0.05) is 11.5 Å². The molecule has 0 spiro atoms. The van der Waals surface area contributed by atoms with Gasteiger partial charge >= 0.3 is 5.97 Å². The number of phenols is 1. The van der Waals surface area contributed by atoms with Gasteiger partial charge in [-0.15, -0.1) is 0 Å². The van der Waals surface area contributed by atoms with E-state index in [0.29, 0.717) is 5.75 Å². The Morgan fingerprint density at radius 3 is 2.04 bits per heavy atom. The number of ether oxygens (including phenoxy) is 1. The number of allylic oxidation sites excluding steroid dienone is 3. The molecule has 0 aliphatic rings. The molecule has 0 fully saturated rings. The fourth-order valence-corrected chi connectivity index (χ4v) is 2.38. The lowest BCUT2D eigenvalue weighted by Gasteiger charge is -2.26. The van der Waals surface area contributed by atoms with Crippen LogP contribution in [-0.2, 0) is 10.2 Å². The summed E-state index contributed by atoms with van der Waals surface area (Å²) >= 11 is 0. The Bertz CT molecular complexity index is 736. The van der Waals surface area contributed by atoms with E-state index >= 15 is 0 Å². The molecular formula is C21H22O3. The molecule has 0 aliphatic heterocycles. The van der Waals surface area contributed by atoms with Crippen LogP contribution in [0.3, 0.4) is 0 Å². The molecule has 0 atom stereocenters. The second-order valence-corrected chi connectivity index (χ2v) is 6.00. The molecule has 2 aromatic carbocycles. The highest BCUT2D eigenvalue weighted by molar-refractivity contribution is 5.84. The smallest absolute Gasteiger partial charge is 0.336 e. The van der Waals surface area contributed by atoms with Crippen molar-refractivity contribution in [1.29, 1.82) is 0 Å². The molecule has 124 valence electrons. The first-order chi connectivity index (χ1) is 11.4. The van der Waals surface area contributed by atoms with Crippen molar-refractivity contribution in [1.82, 2.24) is 0 Å². The highest BCUT2D eigenvalue weighted by Gasteiger charge is 2.23. The summed E-state index contributed by atoms with van der Waals surface area (Å²) in [5.41, 5.74) is 1.97. The van der Waals surface area contributed by atoms with E-state index < -0.39 is 5.97 Å². The van der Waals surface area contributed by atoms with Crippen molar-refractivity contribution < 1.29 is 14.6 Å². The number of carbonyl (C=O) groups excluding carboxylic acids is 1. The Morgan fingerprint density at radius 2 is 1.50 bits per heavy atom. The number of benzene rings is 2. The van der Waals surface area contributed by atoms with E-state index in [9.17, 15) is 9.90 Å². The van der Waals surface area contributed by atoms with Crippen molar-refractivity contribution in [2.24, 2.45) is 0 Å². The van der Waals surface area contributed by atoms with E-state index in [1.54, 1.807) is 36.4 Å². The summed E-state index contributed by atoms with van der Waals surface area (Å²) < 4.78 is 5.26. The molecule has 0 heterocycles. The van der Waals surface area contributed by atoms with Crippen molar-refractivity contribution >= 4 is 5.97 Å². The van der Waals surface area contributed by atoms with Crippen LogP contribution in [0.15, 0.2) is 72.8 Å².